The first-order chi connectivity index (χ1) is 28.4. The smallest absolute Gasteiger partial charge is 0.462 e. The van der Waals surface area contributed by atoms with Gasteiger partial charge in [-0.05, 0) is 57.8 Å². The van der Waals surface area contributed by atoms with Gasteiger partial charge >= 0.3 is 19.8 Å². The molecule has 1 rings (SSSR count). The lowest BCUT2D eigenvalue weighted by molar-refractivity contribution is -0.220. The Kier molecular flexibility index (Phi) is 33.7. The number of carbonyl (C=O) groups is 2. The van der Waals surface area contributed by atoms with Crippen molar-refractivity contribution in [3.05, 3.63) is 24.3 Å². The third-order valence-electron chi connectivity index (χ3n) is 10.8. The number of ether oxygens (including phenoxy) is 2. The van der Waals surface area contributed by atoms with E-state index in [1.807, 2.05) is 0 Å². The Labute approximate surface area is 356 Å². The fraction of sp³-hybridized carbons (Fsp3) is 0.867. The van der Waals surface area contributed by atoms with Crippen molar-refractivity contribution in [1.82, 2.24) is 0 Å². The minimum absolute atomic E-state index is 0.0944. The number of aliphatic hydroxyl groups excluding tert-OH is 5. The van der Waals surface area contributed by atoms with Gasteiger partial charge in [0.05, 0.1) is 6.61 Å². The second kappa shape index (κ2) is 35.9. The summed E-state index contributed by atoms with van der Waals surface area (Å²) in [5, 5.41) is 50.1. The molecule has 0 amide bonds. The van der Waals surface area contributed by atoms with Crippen molar-refractivity contribution in [2.24, 2.45) is 0 Å². The molecule has 0 aliphatic heterocycles. The summed E-state index contributed by atoms with van der Waals surface area (Å²) in [7, 11) is -5.11. The average molecular weight is 863 g/mol. The molecule has 0 spiro atoms. The molecule has 6 unspecified atom stereocenters. The lowest BCUT2D eigenvalue weighted by atomic mass is 9.85. The molecule has 0 heterocycles. The van der Waals surface area contributed by atoms with Crippen LogP contribution in [-0.4, -0.2) is 98.3 Å². The van der Waals surface area contributed by atoms with Crippen LogP contribution in [0, 0.1) is 0 Å². The van der Waals surface area contributed by atoms with Gasteiger partial charge in [-0.25, -0.2) is 4.57 Å². The maximum Gasteiger partial charge on any atom is 0.472 e. The molecule has 0 bridgehead atoms. The van der Waals surface area contributed by atoms with E-state index in [0.29, 0.717) is 12.8 Å². The highest BCUT2D eigenvalue weighted by Gasteiger charge is 2.51. The molecule has 13 nitrogen and oxygen atoms in total. The second-order valence-electron chi connectivity index (χ2n) is 16.3. The first kappa shape index (κ1) is 55.3. The number of phosphoric ester groups is 1. The molecule has 6 N–H and O–H groups in total. The van der Waals surface area contributed by atoms with Gasteiger partial charge in [0.1, 0.15) is 43.2 Å². The number of hydrogen-bond acceptors (Lipinski definition) is 12. The van der Waals surface area contributed by atoms with Crippen LogP contribution in [0.2, 0.25) is 0 Å². The van der Waals surface area contributed by atoms with Crippen molar-refractivity contribution in [2.75, 3.05) is 13.2 Å². The molecular formula is C45H83O13P. The molecule has 0 aromatic rings. The summed E-state index contributed by atoms with van der Waals surface area (Å²) in [6, 6.07) is 0. The van der Waals surface area contributed by atoms with Crippen molar-refractivity contribution < 1.29 is 63.1 Å². The van der Waals surface area contributed by atoms with Crippen LogP contribution < -0.4 is 0 Å². The molecule has 1 aliphatic carbocycles. The summed E-state index contributed by atoms with van der Waals surface area (Å²) in [5.74, 6) is -1.11. The van der Waals surface area contributed by atoms with E-state index in [0.717, 1.165) is 70.6 Å². The van der Waals surface area contributed by atoms with Gasteiger partial charge < -0.3 is 39.9 Å². The van der Waals surface area contributed by atoms with E-state index in [-0.39, 0.29) is 12.8 Å². The van der Waals surface area contributed by atoms with Crippen molar-refractivity contribution in [2.45, 2.75) is 236 Å². The number of aliphatic hydroxyl groups is 5. The van der Waals surface area contributed by atoms with Gasteiger partial charge in [0.15, 0.2) is 6.10 Å². The standard InChI is InChI=1S/C45H83O13P/c1-3-5-7-9-11-13-15-16-17-18-19-20-21-22-24-26-28-30-32-34-39(47)57-37(35-55-38(46)33-31-29-27-25-23-14-12-10-8-6-4-2)36-56-59(53,54)58-45-43(51)41(49)40(48)42(50)44(45)52/h10,12,16-17,37,40-45,48-52H,3-9,11,13-15,18-36H2,1-2H3,(H,53,54)/b12-10+,17-16+/t37-,40?,41+,42?,43?,44?,45?/m1/s1. The van der Waals surface area contributed by atoms with Crippen molar-refractivity contribution in [1.29, 1.82) is 0 Å². The van der Waals surface area contributed by atoms with Crippen LogP contribution in [0.15, 0.2) is 24.3 Å². The highest BCUT2D eigenvalue weighted by atomic mass is 31.2. The molecule has 0 aromatic heterocycles. The number of allylic oxidation sites excluding steroid dienone is 4. The number of phosphoric acid groups is 1. The normalized spacial score (nSPS) is 22.5. The summed E-state index contributed by atoms with van der Waals surface area (Å²) < 4.78 is 33.5. The van der Waals surface area contributed by atoms with Gasteiger partial charge in [-0.3, -0.25) is 18.6 Å². The maximum atomic E-state index is 12.8. The van der Waals surface area contributed by atoms with E-state index >= 15 is 0 Å². The van der Waals surface area contributed by atoms with Gasteiger partial charge in [-0.1, -0.05) is 147 Å². The zero-order valence-corrected chi connectivity index (χ0v) is 37.4. The van der Waals surface area contributed by atoms with Crippen LogP contribution in [0.3, 0.4) is 0 Å². The minimum Gasteiger partial charge on any atom is -0.462 e. The molecule has 1 aliphatic rings. The molecule has 0 saturated heterocycles. The minimum atomic E-state index is -5.11. The van der Waals surface area contributed by atoms with E-state index in [4.69, 9.17) is 18.5 Å². The van der Waals surface area contributed by atoms with Gasteiger partial charge in [-0.2, -0.15) is 0 Å². The summed E-state index contributed by atoms with van der Waals surface area (Å²) in [4.78, 5) is 35.6. The average Bonchev–Trinajstić information content (AvgIpc) is 3.21. The Bertz CT molecular complexity index is 1130. The molecular weight excluding hydrogens is 779 g/mol. The summed E-state index contributed by atoms with van der Waals surface area (Å²) >= 11 is 0. The van der Waals surface area contributed by atoms with Gasteiger partial charge in [0.2, 0.25) is 0 Å². The molecule has 1 fully saturated rings. The fourth-order valence-corrected chi connectivity index (χ4v) is 7.94. The monoisotopic (exact) mass is 863 g/mol. The Morgan fingerprint density at radius 3 is 1.34 bits per heavy atom. The lowest BCUT2D eigenvalue weighted by Crippen LogP contribution is -2.64. The molecule has 346 valence electrons. The number of rotatable bonds is 38. The first-order valence-corrected chi connectivity index (χ1v) is 24.6. The SMILES string of the molecule is CCCC/C=C/CCCCCCCC(=O)OC[C@H](COP(=O)(O)OC1C(O)C(O)C(O)[C@H](O)C1O)OC(=O)CCCCCCCCCCC/C=C/CCCCCCCC. The molecule has 59 heavy (non-hydrogen) atoms. The van der Waals surface area contributed by atoms with E-state index in [9.17, 15) is 44.6 Å². The number of unbranched alkanes of at least 4 members (excludes halogenated alkanes) is 22. The molecule has 8 atom stereocenters. The van der Waals surface area contributed by atoms with Crippen LogP contribution in [0.5, 0.6) is 0 Å². The van der Waals surface area contributed by atoms with Crippen molar-refractivity contribution in [3.63, 3.8) is 0 Å². The predicted octanol–water partition coefficient (Wildman–Crippen LogP) is 8.84. The Hall–Kier alpha value is -1.67. The second-order valence-corrected chi connectivity index (χ2v) is 17.7. The quantitative estimate of drug-likeness (QED) is 0.0149. The van der Waals surface area contributed by atoms with E-state index in [2.05, 4.69) is 38.2 Å². The van der Waals surface area contributed by atoms with Crippen LogP contribution in [-0.2, 0) is 32.7 Å². The summed E-state index contributed by atoms with van der Waals surface area (Å²) in [6.45, 7) is 3.25. The predicted molar refractivity (Wildman–Crippen MR) is 230 cm³/mol. The van der Waals surface area contributed by atoms with Gasteiger partial charge in [0.25, 0.3) is 0 Å². The largest absolute Gasteiger partial charge is 0.472 e. The number of esters is 2. The zero-order valence-electron chi connectivity index (χ0n) is 36.6. The molecule has 14 heteroatoms. The molecule has 0 aromatic carbocycles. The van der Waals surface area contributed by atoms with Gasteiger partial charge in [-0.15, -0.1) is 0 Å². The number of carbonyl (C=O) groups excluding carboxylic acids is 2. The highest BCUT2D eigenvalue weighted by molar-refractivity contribution is 7.47. The zero-order chi connectivity index (χ0) is 43.6. The Balaban J connectivity index is 2.43. The first-order valence-electron chi connectivity index (χ1n) is 23.1. The highest BCUT2D eigenvalue weighted by Crippen LogP contribution is 2.47. The Morgan fingerprint density at radius 1 is 0.508 bits per heavy atom. The van der Waals surface area contributed by atoms with Crippen molar-refractivity contribution >= 4 is 19.8 Å². The third-order valence-corrected chi connectivity index (χ3v) is 11.8. The summed E-state index contributed by atoms with van der Waals surface area (Å²) in [5.41, 5.74) is 0. The lowest BCUT2D eigenvalue weighted by Gasteiger charge is -2.41. The van der Waals surface area contributed by atoms with Crippen LogP contribution in [0.1, 0.15) is 194 Å². The van der Waals surface area contributed by atoms with Crippen molar-refractivity contribution in [3.8, 4) is 0 Å². The third kappa shape index (κ3) is 28.5. The Morgan fingerprint density at radius 2 is 0.881 bits per heavy atom. The fourth-order valence-electron chi connectivity index (χ4n) is 6.97. The maximum absolute atomic E-state index is 12.8. The summed E-state index contributed by atoms with van der Waals surface area (Å²) in [6.07, 6.45) is 25.3. The van der Waals surface area contributed by atoms with Gasteiger partial charge in [0, 0.05) is 12.8 Å². The molecule has 1 saturated carbocycles. The molecule has 0 radical (unpaired) electrons. The number of hydrogen-bond donors (Lipinski definition) is 6. The van der Waals surface area contributed by atoms with Crippen LogP contribution in [0.4, 0.5) is 0 Å². The van der Waals surface area contributed by atoms with Crippen LogP contribution >= 0.6 is 7.82 Å². The van der Waals surface area contributed by atoms with E-state index < -0.39 is 75.7 Å². The van der Waals surface area contributed by atoms with Crippen LogP contribution in [0.25, 0.3) is 0 Å². The van der Waals surface area contributed by atoms with E-state index in [1.165, 1.54) is 83.5 Å². The topological polar surface area (TPSA) is 210 Å². The van der Waals surface area contributed by atoms with E-state index in [1.54, 1.807) is 0 Å².